The number of benzene rings is 2. The first-order valence-electron chi connectivity index (χ1n) is 11.5. The molecule has 2 aliphatic rings. The van der Waals surface area contributed by atoms with E-state index in [0.29, 0.717) is 24.6 Å². The first kappa shape index (κ1) is 23.0. The summed E-state index contributed by atoms with van der Waals surface area (Å²) in [6, 6.07) is 7.89. The predicted octanol–water partition coefficient (Wildman–Crippen LogP) is 5.56. The summed E-state index contributed by atoms with van der Waals surface area (Å²) in [4.78, 5) is 12.1. The number of methoxy groups -OCH3 is 1. The van der Waals surface area contributed by atoms with E-state index in [1.165, 1.54) is 0 Å². The van der Waals surface area contributed by atoms with Gasteiger partial charge in [-0.05, 0) is 61.2 Å². The molecule has 5 rings (SSSR count). The van der Waals surface area contributed by atoms with Crippen LogP contribution >= 0.6 is 0 Å². The molecule has 0 spiro atoms. The summed E-state index contributed by atoms with van der Waals surface area (Å²) in [6.07, 6.45) is 7.29. The lowest BCUT2D eigenvalue weighted by atomic mass is 9.99. The molecule has 0 unspecified atom stereocenters. The average Bonchev–Trinajstić information content (AvgIpc) is 3.16. The molecule has 1 aromatic heterocycles. The highest BCUT2D eigenvalue weighted by molar-refractivity contribution is 6.02. The summed E-state index contributed by atoms with van der Waals surface area (Å²) < 4.78 is 48.4. The van der Waals surface area contributed by atoms with Gasteiger partial charge < -0.3 is 19.0 Å². The quantitative estimate of drug-likeness (QED) is 0.457. The van der Waals surface area contributed by atoms with Gasteiger partial charge in [-0.2, -0.15) is 0 Å². The molecule has 35 heavy (non-hydrogen) atoms. The molecule has 6 nitrogen and oxygen atoms in total. The molecule has 0 N–H and O–H groups in total. The molecule has 3 heterocycles. The van der Waals surface area contributed by atoms with Crippen molar-refractivity contribution in [3.05, 3.63) is 82.7 Å². The van der Waals surface area contributed by atoms with Gasteiger partial charge >= 0.3 is 0 Å². The fourth-order valence-corrected chi connectivity index (χ4v) is 4.53. The molecule has 0 bridgehead atoms. The molecule has 0 aliphatic carbocycles. The Bertz CT molecular complexity index is 1290. The number of aryl methyl sites for hydroxylation is 1. The zero-order valence-electron chi connectivity index (χ0n) is 19.5. The van der Waals surface area contributed by atoms with Crippen LogP contribution in [0.4, 0.5) is 13.2 Å². The van der Waals surface area contributed by atoms with Gasteiger partial charge in [-0.25, -0.2) is 18.2 Å². The van der Waals surface area contributed by atoms with Crippen molar-refractivity contribution in [2.24, 2.45) is 5.16 Å². The van der Waals surface area contributed by atoms with Crippen LogP contribution in [0.25, 0.3) is 11.8 Å². The number of hydrogen-bond donors (Lipinski definition) is 0. The Labute approximate surface area is 201 Å². The Morgan fingerprint density at radius 3 is 2.63 bits per heavy atom. The van der Waals surface area contributed by atoms with Gasteiger partial charge in [-0.15, -0.1) is 0 Å². The summed E-state index contributed by atoms with van der Waals surface area (Å²) in [5.74, 6) is -2.54. The topological polar surface area (TPSA) is 51.9 Å². The van der Waals surface area contributed by atoms with E-state index in [2.05, 4.69) is 21.1 Å². The van der Waals surface area contributed by atoms with Gasteiger partial charge in [0.1, 0.15) is 5.75 Å². The molecule has 182 valence electrons. The van der Waals surface area contributed by atoms with Gasteiger partial charge in [0.05, 0.1) is 24.8 Å². The lowest BCUT2D eigenvalue weighted by molar-refractivity contribution is 0.0570. The Balaban J connectivity index is 1.43. The van der Waals surface area contributed by atoms with Crippen molar-refractivity contribution >= 4 is 11.9 Å². The lowest BCUT2D eigenvalue weighted by Gasteiger charge is -2.29. The summed E-state index contributed by atoms with van der Waals surface area (Å²) in [6.45, 7) is 3.34. The van der Waals surface area contributed by atoms with Gasteiger partial charge in [0.25, 0.3) is 0 Å². The van der Waals surface area contributed by atoms with E-state index in [4.69, 9.17) is 9.57 Å². The van der Waals surface area contributed by atoms with Crippen LogP contribution in [0.3, 0.4) is 0 Å². The second kappa shape index (κ2) is 9.48. The van der Waals surface area contributed by atoms with Crippen LogP contribution in [0.5, 0.6) is 5.75 Å². The van der Waals surface area contributed by atoms with Crippen molar-refractivity contribution in [1.82, 2.24) is 14.5 Å². The third-order valence-electron chi connectivity index (χ3n) is 6.30. The molecule has 2 aliphatic heterocycles. The highest BCUT2D eigenvalue weighted by Gasteiger charge is 2.28. The number of imidazole rings is 1. The third kappa shape index (κ3) is 4.62. The number of aromatic nitrogens is 2. The normalized spacial score (nSPS) is 19.1. The van der Waals surface area contributed by atoms with E-state index >= 15 is 0 Å². The zero-order chi connectivity index (χ0) is 24.5. The zero-order valence-corrected chi connectivity index (χ0v) is 19.5. The monoisotopic (exact) mass is 482 g/mol. The van der Waals surface area contributed by atoms with Crippen LogP contribution in [-0.2, 0) is 4.84 Å². The molecule has 1 saturated heterocycles. The van der Waals surface area contributed by atoms with Crippen molar-refractivity contribution in [3.8, 4) is 11.4 Å². The van der Waals surface area contributed by atoms with Crippen molar-refractivity contribution < 1.29 is 22.7 Å². The second-order valence-electron chi connectivity index (χ2n) is 8.71. The molecule has 9 heteroatoms. The van der Waals surface area contributed by atoms with Gasteiger partial charge in [0.15, 0.2) is 29.4 Å². The Morgan fingerprint density at radius 2 is 1.91 bits per heavy atom. The smallest absolute Gasteiger partial charge is 0.194 e. The molecule has 1 atom stereocenters. The SMILES string of the molecule is COc1cc(C=C2CCCN3CC[C@@H](c4cc(F)c(F)c(F)c4)ON=C23)ccc1-n1cnc(C)c1. The Kier molecular flexibility index (Phi) is 6.23. The van der Waals surface area contributed by atoms with Crippen LogP contribution in [0.2, 0.25) is 0 Å². The summed E-state index contributed by atoms with van der Waals surface area (Å²) >= 11 is 0. The minimum atomic E-state index is -1.49. The van der Waals surface area contributed by atoms with E-state index in [9.17, 15) is 13.2 Å². The van der Waals surface area contributed by atoms with Crippen molar-refractivity contribution in [2.45, 2.75) is 32.3 Å². The lowest BCUT2D eigenvalue weighted by Crippen LogP contribution is -2.37. The van der Waals surface area contributed by atoms with E-state index < -0.39 is 23.6 Å². The maximum atomic E-state index is 13.8. The molecule has 0 amide bonds. The number of oxime groups is 1. The largest absolute Gasteiger partial charge is 0.495 e. The number of ether oxygens (including phenoxy) is 1. The number of rotatable bonds is 4. The minimum absolute atomic E-state index is 0.228. The molecule has 3 aromatic rings. The predicted molar refractivity (Wildman–Crippen MR) is 126 cm³/mol. The molecule has 2 aromatic carbocycles. The molecule has 1 fully saturated rings. The van der Waals surface area contributed by atoms with Crippen molar-refractivity contribution in [1.29, 1.82) is 0 Å². The number of halogens is 3. The summed E-state index contributed by atoms with van der Waals surface area (Å²) in [5, 5.41) is 4.36. The molecule has 0 radical (unpaired) electrons. The Morgan fingerprint density at radius 1 is 1.11 bits per heavy atom. The molecule has 0 saturated carbocycles. The fraction of sp³-hybridized carbons (Fsp3) is 0.308. The average molecular weight is 483 g/mol. The van der Waals surface area contributed by atoms with Crippen LogP contribution in [0.15, 0.2) is 53.6 Å². The van der Waals surface area contributed by atoms with Gasteiger partial charge in [0.2, 0.25) is 0 Å². The molecular weight excluding hydrogens is 457 g/mol. The number of hydrogen-bond acceptors (Lipinski definition) is 5. The number of amidine groups is 1. The number of nitrogens with zero attached hydrogens (tertiary/aromatic N) is 4. The maximum Gasteiger partial charge on any atom is 0.194 e. The van der Waals surface area contributed by atoms with Crippen molar-refractivity contribution in [3.63, 3.8) is 0 Å². The standard InChI is InChI=1S/C26H25F3N4O2/c1-16-14-33(15-30-16)22-6-5-17(11-24(22)34-2)10-18-4-3-8-32-9-7-23(35-31-26(18)32)19-12-20(27)25(29)21(28)13-19/h5-6,10-15,23H,3-4,7-9H2,1-2H3/t23-/m0/s1. The van der Waals surface area contributed by atoms with Crippen LogP contribution in [-0.4, -0.2) is 40.5 Å². The van der Waals surface area contributed by atoms with Crippen LogP contribution < -0.4 is 4.74 Å². The number of piperidine rings is 1. The number of fused-ring (bicyclic) bond motifs is 1. The Hall–Kier alpha value is -3.75. The third-order valence-corrected chi connectivity index (χ3v) is 6.30. The van der Waals surface area contributed by atoms with Crippen molar-refractivity contribution in [2.75, 3.05) is 20.2 Å². The molecular formula is C26H25F3N4O2. The maximum absolute atomic E-state index is 13.8. The second-order valence-corrected chi connectivity index (χ2v) is 8.71. The summed E-state index contributed by atoms with van der Waals surface area (Å²) in [7, 11) is 1.63. The minimum Gasteiger partial charge on any atom is -0.495 e. The fourth-order valence-electron chi connectivity index (χ4n) is 4.53. The van der Waals surface area contributed by atoms with E-state index in [-0.39, 0.29) is 5.56 Å². The van der Waals surface area contributed by atoms with Crippen LogP contribution in [0, 0.1) is 24.4 Å². The van der Waals surface area contributed by atoms with Gasteiger partial charge in [-0.3, -0.25) is 0 Å². The van der Waals surface area contributed by atoms with E-state index in [0.717, 1.165) is 54.0 Å². The van der Waals surface area contributed by atoms with Gasteiger partial charge in [-0.1, -0.05) is 11.2 Å². The highest BCUT2D eigenvalue weighted by atomic mass is 19.2. The van der Waals surface area contributed by atoms with E-state index in [1.807, 2.05) is 35.9 Å². The first-order chi connectivity index (χ1) is 16.9. The van der Waals surface area contributed by atoms with Crippen LogP contribution in [0.1, 0.15) is 42.2 Å². The first-order valence-corrected chi connectivity index (χ1v) is 11.5. The van der Waals surface area contributed by atoms with Gasteiger partial charge in [0, 0.05) is 31.3 Å². The summed E-state index contributed by atoms with van der Waals surface area (Å²) in [5.41, 5.74) is 3.98. The highest BCUT2D eigenvalue weighted by Crippen LogP contribution is 2.32. The van der Waals surface area contributed by atoms with E-state index in [1.54, 1.807) is 13.4 Å².